The molecule has 0 aliphatic rings. The zero-order valence-corrected chi connectivity index (χ0v) is 10.4. The van der Waals surface area contributed by atoms with Crippen molar-refractivity contribution in [2.75, 3.05) is 0 Å². The van der Waals surface area contributed by atoms with Crippen molar-refractivity contribution in [3.05, 3.63) is 37.4 Å². The van der Waals surface area contributed by atoms with Crippen molar-refractivity contribution in [3.63, 3.8) is 0 Å². The van der Waals surface area contributed by atoms with Gasteiger partial charge in [-0.1, -0.05) is 17.5 Å². The molecule has 17 heavy (non-hydrogen) atoms. The summed E-state index contributed by atoms with van der Waals surface area (Å²) in [5.74, 6) is 5.23. The molecule has 2 aromatic rings. The molecule has 0 saturated carbocycles. The Bertz CT molecular complexity index is 588. The maximum absolute atomic E-state index is 12.3. The lowest BCUT2D eigenvalue weighted by Crippen LogP contribution is -2.03. The minimum atomic E-state index is -4.41. The molecule has 0 amide bonds. The van der Waals surface area contributed by atoms with Gasteiger partial charge in [0.1, 0.15) is 10.0 Å². The van der Waals surface area contributed by atoms with Crippen LogP contribution in [0.15, 0.2) is 16.8 Å². The van der Waals surface area contributed by atoms with Crippen LogP contribution in [0.3, 0.4) is 0 Å². The summed E-state index contributed by atoms with van der Waals surface area (Å²) in [5.41, 5.74) is 0.697. The van der Waals surface area contributed by atoms with E-state index in [1.807, 2.05) is 0 Å². The number of alkyl halides is 3. The van der Waals surface area contributed by atoms with Crippen molar-refractivity contribution in [2.24, 2.45) is 0 Å². The van der Waals surface area contributed by atoms with Crippen LogP contribution in [0.4, 0.5) is 13.2 Å². The van der Waals surface area contributed by atoms with E-state index in [0.717, 1.165) is 0 Å². The third-order valence-electron chi connectivity index (χ3n) is 1.69. The second-order valence-electron chi connectivity index (χ2n) is 2.89. The van der Waals surface area contributed by atoms with E-state index >= 15 is 0 Å². The summed E-state index contributed by atoms with van der Waals surface area (Å²) in [6.07, 6.45) is -4.41. The molecule has 1 nitrogen and oxygen atoms in total. The Balaban J connectivity index is 2.24. The molecule has 88 valence electrons. The smallest absolute Gasteiger partial charge is 0.223 e. The van der Waals surface area contributed by atoms with E-state index in [9.17, 15) is 13.2 Å². The Kier molecular flexibility index (Phi) is 3.43. The molecule has 0 atom stereocenters. The SMILES string of the molecule is FC(F)(F)c1nc(C#Cc2ccsc2Cl)cs1. The number of thiophene rings is 1. The van der Waals surface area contributed by atoms with Crippen LogP contribution in [0.2, 0.25) is 4.34 Å². The van der Waals surface area contributed by atoms with Crippen molar-refractivity contribution >= 4 is 34.3 Å². The zero-order chi connectivity index (χ0) is 12.5. The summed E-state index contributed by atoms with van der Waals surface area (Å²) >= 11 is 7.65. The second kappa shape index (κ2) is 4.69. The van der Waals surface area contributed by atoms with Gasteiger partial charge in [-0.05, 0) is 17.4 Å². The van der Waals surface area contributed by atoms with Crippen molar-refractivity contribution in [1.82, 2.24) is 4.98 Å². The summed E-state index contributed by atoms with van der Waals surface area (Å²) in [6.45, 7) is 0. The van der Waals surface area contributed by atoms with E-state index in [4.69, 9.17) is 11.6 Å². The topological polar surface area (TPSA) is 12.9 Å². The van der Waals surface area contributed by atoms with Gasteiger partial charge in [0.2, 0.25) is 0 Å². The molecule has 0 saturated heterocycles. The van der Waals surface area contributed by atoms with Crippen LogP contribution >= 0.6 is 34.3 Å². The molecule has 0 N–H and O–H groups in total. The molecule has 2 aromatic heterocycles. The number of halogens is 4. The Morgan fingerprint density at radius 2 is 2.00 bits per heavy atom. The van der Waals surface area contributed by atoms with Crippen molar-refractivity contribution < 1.29 is 13.2 Å². The molecule has 0 radical (unpaired) electrons. The molecule has 0 fully saturated rings. The van der Waals surface area contributed by atoms with Crippen LogP contribution in [0.25, 0.3) is 0 Å². The van der Waals surface area contributed by atoms with E-state index in [2.05, 4.69) is 16.8 Å². The number of aromatic nitrogens is 1. The fourth-order valence-electron chi connectivity index (χ4n) is 0.974. The van der Waals surface area contributed by atoms with Gasteiger partial charge < -0.3 is 0 Å². The highest BCUT2D eigenvalue weighted by molar-refractivity contribution is 7.14. The Labute approximate surface area is 108 Å². The third kappa shape index (κ3) is 3.00. The van der Waals surface area contributed by atoms with Crippen molar-refractivity contribution in [3.8, 4) is 11.8 Å². The minimum Gasteiger partial charge on any atom is -0.223 e. The van der Waals surface area contributed by atoms with Crippen LogP contribution in [0, 0.1) is 11.8 Å². The number of rotatable bonds is 0. The lowest BCUT2D eigenvalue weighted by atomic mass is 10.3. The van der Waals surface area contributed by atoms with Gasteiger partial charge in [0.25, 0.3) is 0 Å². The number of hydrogen-bond donors (Lipinski definition) is 0. The summed E-state index contributed by atoms with van der Waals surface area (Å²) < 4.78 is 37.3. The van der Waals surface area contributed by atoms with Crippen LogP contribution < -0.4 is 0 Å². The van der Waals surface area contributed by atoms with Gasteiger partial charge in [0.15, 0.2) is 5.01 Å². The molecule has 0 bridgehead atoms. The standard InChI is InChI=1S/C10H3ClF3NS2/c11-8-6(3-4-16-8)1-2-7-5-17-9(15-7)10(12,13)14/h3-5H. The van der Waals surface area contributed by atoms with Gasteiger partial charge in [0.05, 0.1) is 5.56 Å². The van der Waals surface area contributed by atoms with Gasteiger partial charge in [-0.25, -0.2) is 4.98 Å². The van der Waals surface area contributed by atoms with Crippen molar-refractivity contribution in [1.29, 1.82) is 0 Å². The lowest BCUT2D eigenvalue weighted by Gasteiger charge is -1.98. The second-order valence-corrected chi connectivity index (χ2v) is 5.27. The zero-order valence-electron chi connectivity index (χ0n) is 8.01. The molecule has 2 heterocycles. The van der Waals surface area contributed by atoms with E-state index in [-0.39, 0.29) is 5.69 Å². The summed E-state index contributed by atoms with van der Waals surface area (Å²) in [4.78, 5) is 3.39. The van der Waals surface area contributed by atoms with E-state index < -0.39 is 11.2 Å². The van der Waals surface area contributed by atoms with E-state index in [1.54, 1.807) is 11.4 Å². The fourth-order valence-corrected chi connectivity index (χ4v) is 2.43. The first-order valence-electron chi connectivity index (χ1n) is 4.24. The molecule has 7 heteroatoms. The Morgan fingerprint density at radius 1 is 1.24 bits per heavy atom. The Morgan fingerprint density at radius 3 is 2.53 bits per heavy atom. The van der Waals surface area contributed by atoms with Crippen LogP contribution in [-0.2, 0) is 6.18 Å². The highest BCUT2D eigenvalue weighted by Gasteiger charge is 2.34. The number of thiazole rings is 1. The van der Waals surface area contributed by atoms with Crippen LogP contribution in [-0.4, -0.2) is 4.98 Å². The first-order valence-corrected chi connectivity index (χ1v) is 6.38. The van der Waals surface area contributed by atoms with Gasteiger partial charge >= 0.3 is 6.18 Å². The highest BCUT2D eigenvalue weighted by Crippen LogP contribution is 2.31. The van der Waals surface area contributed by atoms with Crippen molar-refractivity contribution in [2.45, 2.75) is 6.18 Å². The maximum atomic E-state index is 12.3. The van der Waals surface area contributed by atoms with Gasteiger partial charge in [0, 0.05) is 5.38 Å². The summed E-state index contributed by atoms with van der Waals surface area (Å²) in [6, 6.07) is 1.71. The number of hydrogen-bond acceptors (Lipinski definition) is 3. The van der Waals surface area contributed by atoms with Gasteiger partial charge in [-0.3, -0.25) is 0 Å². The predicted octanol–water partition coefficient (Wildman–Crippen LogP) is 4.28. The molecular formula is C10H3ClF3NS2. The van der Waals surface area contributed by atoms with Gasteiger partial charge in [-0.2, -0.15) is 13.2 Å². The molecule has 0 spiro atoms. The quantitative estimate of drug-likeness (QED) is 0.661. The summed E-state index contributed by atoms with van der Waals surface area (Å²) in [7, 11) is 0. The largest absolute Gasteiger partial charge is 0.443 e. The normalized spacial score (nSPS) is 11.1. The first-order chi connectivity index (χ1) is 7.97. The summed E-state index contributed by atoms with van der Waals surface area (Å²) in [5, 5.41) is 2.14. The fraction of sp³-hybridized carbons (Fsp3) is 0.100. The molecule has 0 aliphatic carbocycles. The lowest BCUT2D eigenvalue weighted by molar-refractivity contribution is -0.137. The highest BCUT2D eigenvalue weighted by atomic mass is 35.5. The third-order valence-corrected chi connectivity index (χ3v) is 3.75. The Hall–Kier alpha value is -1.03. The molecular weight excluding hydrogens is 291 g/mol. The number of nitrogens with zero attached hydrogens (tertiary/aromatic N) is 1. The van der Waals surface area contributed by atoms with Crippen LogP contribution in [0.1, 0.15) is 16.3 Å². The van der Waals surface area contributed by atoms with E-state index in [0.29, 0.717) is 21.2 Å². The minimum absolute atomic E-state index is 0.101. The van der Waals surface area contributed by atoms with Crippen LogP contribution in [0.5, 0.6) is 0 Å². The maximum Gasteiger partial charge on any atom is 0.443 e. The molecule has 2 rings (SSSR count). The average Bonchev–Trinajstić information content (AvgIpc) is 2.82. The van der Waals surface area contributed by atoms with Gasteiger partial charge in [-0.15, -0.1) is 22.7 Å². The molecule has 0 unspecified atom stereocenters. The predicted molar refractivity (Wildman–Crippen MR) is 62.4 cm³/mol. The average molecular weight is 294 g/mol. The molecule has 0 aromatic carbocycles. The first kappa shape index (κ1) is 12.4. The van der Waals surface area contributed by atoms with E-state index in [1.165, 1.54) is 16.7 Å². The monoisotopic (exact) mass is 293 g/mol. The molecule has 0 aliphatic heterocycles.